The number of carbonyl (C=O) groups is 4. The van der Waals surface area contributed by atoms with Gasteiger partial charge in [0.25, 0.3) is 0 Å². The average Bonchev–Trinajstić information content (AvgIpc) is 3.32. The predicted octanol–water partition coefficient (Wildman–Crippen LogP) is 4.03. The van der Waals surface area contributed by atoms with Gasteiger partial charge in [0.05, 0.1) is 23.4 Å². The van der Waals surface area contributed by atoms with Crippen LogP contribution in [0.5, 0.6) is 5.75 Å². The predicted molar refractivity (Wildman–Crippen MR) is 131 cm³/mol. The molecule has 5 rings (SSSR count). The molecule has 7 nitrogen and oxygen atoms in total. The topological polar surface area (TPSA) is 84.0 Å². The Morgan fingerprint density at radius 1 is 0.886 bits per heavy atom. The molecule has 180 valence electrons. The van der Waals surface area contributed by atoms with Crippen molar-refractivity contribution >= 4 is 35.1 Å². The van der Waals surface area contributed by atoms with Crippen molar-refractivity contribution in [3.63, 3.8) is 0 Å². The summed E-state index contributed by atoms with van der Waals surface area (Å²) in [6, 6.07) is 10.8. The summed E-state index contributed by atoms with van der Waals surface area (Å²) in [4.78, 5) is 54.4. The minimum absolute atomic E-state index is 0.0945. The van der Waals surface area contributed by atoms with Crippen LogP contribution in [-0.2, 0) is 19.2 Å². The highest BCUT2D eigenvalue weighted by Crippen LogP contribution is 2.39. The number of ether oxygens (including phenoxy) is 1. The summed E-state index contributed by atoms with van der Waals surface area (Å²) in [5.41, 5.74) is 4.01. The van der Waals surface area contributed by atoms with Crippen molar-refractivity contribution in [2.75, 3.05) is 16.3 Å². The third-order valence-electron chi connectivity index (χ3n) is 7.30. The Hall–Kier alpha value is -3.74. The lowest BCUT2D eigenvalue weighted by Crippen LogP contribution is -2.31. The molecule has 7 heteroatoms. The van der Waals surface area contributed by atoms with E-state index in [-0.39, 0.29) is 42.5 Å². The summed E-state index contributed by atoms with van der Waals surface area (Å²) in [5, 5.41) is 0. The highest BCUT2D eigenvalue weighted by atomic mass is 16.5. The highest BCUT2D eigenvalue weighted by Gasteiger charge is 2.48. The molecule has 2 fully saturated rings. The third-order valence-corrected chi connectivity index (χ3v) is 7.30. The van der Waals surface area contributed by atoms with Gasteiger partial charge in [-0.05, 0) is 68.5 Å². The molecule has 2 aromatic rings. The van der Waals surface area contributed by atoms with Gasteiger partial charge in [0.15, 0.2) is 0 Å². The van der Waals surface area contributed by atoms with Crippen LogP contribution in [0.25, 0.3) is 0 Å². The summed E-state index contributed by atoms with van der Waals surface area (Å²) in [7, 11) is 0. The number of anilines is 2. The summed E-state index contributed by atoms with van der Waals surface area (Å²) in [6.07, 6.45) is 5.18. The number of carbonyl (C=O) groups excluding carboxylic acids is 4. The van der Waals surface area contributed by atoms with Crippen LogP contribution < -0.4 is 14.5 Å². The first-order valence-corrected chi connectivity index (χ1v) is 12.0. The van der Waals surface area contributed by atoms with E-state index in [1.807, 2.05) is 44.2 Å². The zero-order valence-electron chi connectivity index (χ0n) is 20.1. The number of amides is 3. The summed E-state index contributed by atoms with van der Waals surface area (Å²) in [6.45, 7) is 5.96. The quantitative estimate of drug-likeness (QED) is 0.290. The van der Waals surface area contributed by atoms with Gasteiger partial charge < -0.3 is 9.64 Å². The lowest BCUT2D eigenvalue weighted by molar-refractivity contribution is -0.139. The van der Waals surface area contributed by atoms with E-state index in [4.69, 9.17) is 4.74 Å². The van der Waals surface area contributed by atoms with Gasteiger partial charge in [-0.25, -0.2) is 4.90 Å². The molecule has 0 saturated carbocycles. The summed E-state index contributed by atoms with van der Waals surface area (Å²) < 4.78 is 5.62. The second-order valence-corrected chi connectivity index (χ2v) is 9.68. The molecule has 0 unspecified atom stereocenters. The Morgan fingerprint density at radius 2 is 1.51 bits per heavy atom. The molecule has 2 aliphatic heterocycles. The highest BCUT2D eigenvalue weighted by molar-refractivity contribution is 6.22. The number of fused-ring (bicyclic) bond motifs is 1. The molecule has 35 heavy (non-hydrogen) atoms. The maximum absolute atomic E-state index is 12.9. The molecule has 0 radical (unpaired) electrons. The van der Waals surface area contributed by atoms with Crippen LogP contribution >= 0.6 is 0 Å². The van der Waals surface area contributed by atoms with Crippen LogP contribution in [-0.4, -0.2) is 30.2 Å². The van der Waals surface area contributed by atoms with Crippen LogP contribution in [0, 0.1) is 38.5 Å². The van der Waals surface area contributed by atoms with E-state index < -0.39 is 11.9 Å². The standard InChI is InChI=1S/C28H28N2O5/c1-16-7-6-8-17(2)25(16)29-15-19(14-24(29)31)28(34)35-20-11-12-23(18(3)13-20)30-26(32)21-9-4-5-10-22(21)27(30)33/h4-8,11-13,19,21-22H,9-10,14-15H2,1-3H3/t19-,21-,22+/m0/s1. The van der Waals surface area contributed by atoms with Crippen molar-refractivity contribution in [2.45, 2.75) is 40.0 Å². The van der Waals surface area contributed by atoms with Crippen LogP contribution in [0.1, 0.15) is 36.0 Å². The van der Waals surface area contributed by atoms with Gasteiger partial charge in [0.1, 0.15) is 5.75 Å². The van der Waals surface area contributed by atoms with Gasteiger partial charge in [0, 0.05) is 18.7 Å². The van der Waals surface area contributed by atoms with E-state index in [1.165, 1.54) is 4.90 Å². The van der Waals surface area contributed by atoms with Crippen LogP contribution in [0.3, 0.4) is 0 Å². The molecule has 1 aliphatic carbocycles. The lowest BCUT2D eigenvalue weighted by atomic mass is 9.85. The Kier molecular flexibility index (Phi) is 5.79. The first-order valence-electron chi connectivity index (χ1n) is 12.0. The van der Waals surface area contributed by atoms with Crippen molar-refractivity contribution < 1.29 is 23.9 Å². The van der Waals surface area contributed by atoms with Crippen molar-refractivity contribution in [1.29, 1.82) is 0 Å². The number of allylic oxidation sites excluding steroid dienone is 2. The van der Waals surface area contributed by atoms with Gasteiger partial charge in [-0.1, -0.05) is 30.4 Å². The number of rotatable bonds is 4. The number of hydrogen-bond donors (Lipinski definition) is 0. The molecule has 0 aromatic heterocycles. The number of benzene rings is 2. The lowest BCUT2D eigenvalue weighted by Gasteiger charge is -2.21. The van der Waals surface area contributed by atoms with Gasteiger partial charge in [-0.15, -0.1) is 0 Å². The maximum atomic E-state index is 12.9. The molecular weight excluding hydrogens is 444 g/mol. The first kappa shape index (κ1) is 23.0. The number of imide groups is 1. The minimum atomic E-state index is -0.571. The Labute approximate surface area is 204 Å². The normalized spacial score (nSPS) is 23.7. The zero-order chi connectivity index (χ0) is 24.9. The molecule has 2 heterocycles. The van der Waals surface area contributed by atoms with Gasteiger partial charge in [-0.3, -0.25) is 19.2 Å². The number of esters is 1. The van der Waals surface area contributed by atoms with Crippen molar-refractivity contribution in [3.05, 3.63) is 65.2 Å². The fourth-order valence-corrected chi connectivity index (χ4v) is 5.49. The fraction of sp³-hybridized carbons (Fsp3) is 0.357. The first-order chi connectivity index (χ1) is 16.8. The van der Waals surface area contributed by atoms with Crippen molar-refractivity contribution in [3.8, 4) is 5.75 Å². The third kappa shape index (κ3) is 3.95. The molecule has 2 saturated heterocycles. The Balaban J connectivity index is 1.30. The second kappa shape index (κ2) is 8.80. The van der Waals surface area contributed by atoms with E-state index >= 15 is 0 Å². The van der Waals surface area contributed by atoms with E-state index in [1.54, 1.807) is 30.0 Å². The molecule has 3 amide bonds. The number of aryl methyl sites for hydroxylation is 3. The Bertz CT molecular complexity index is 1230. The van der Waals surface area contributed by atoms with E-state index in [9.17, 15) is 19.2 Å². The molecule has 0 N–H and O–H groups in total. The van der Waals surface area contributed by atoms with E-state index in [0.29, 0.717) is 29.8 Å². The van der Waals surface area contributed by atoms with Crippen molar-refractivity contribution in [1.82, 2.24) is 0 Å². The van der Waals surface area contributed by atoms with Gasteiger partial charge in [0.2, 0.25) is 17.7 Å². The summed E-state index contributed by atoms with van der Waals surface area (Å²) in [5.74, 6) is -1.76. The number of nitrogens with zero attached hydrogens (tertiary/aromatic N) is 2. The van der Waals surface area contributed by atoms with Crippen LogP contribution in [0.2, 0.25) is 0 Å². The monoisotopic (exact) mass is 472 g/mol. The Morgan fingerprint density at radius 3 is 2.11 bits per heavy atom. The smallest absolute Gasteiger partial charge is 0.316 e. The molecule has 0 spiro atoms. The molecule has 2 aromatic carbocycles. The van der Waals surface area contributed by atoms with E-state index in [2.05, 4.69) is 0 Å². The molecule has 3 aliphatic rings. The largest absolute Gasteiger partial charge is 0.426 e. The summed E-state index contributed by atoms with van der Waals surface area (Å²) >= 11 is 0. The van der Waals surface area contributed by atoms with Crippen LogP contribution in [0.15, 0.2) is 48.6 Å². The number of hydrogen-bond acceptors (Lipinski definition) is 5. The van der Waals surface area contributed by atoms with Crippen LogP contribution in [0.4, 0.5) is 11.4 Å². The average molecular weight is 473 g/mol. The second-order valence-electron chi connectivity index (χ2n) is 9.68. The van der Waals surface area contributed by atoms with Crippen molar-refractivity contribution in [2.24, 2.45) is 17.8 Å². The molecule has 0 bridgehead atoms. The van der Waals surface area contributed by atoms with E-state index in [0.717, 1.165) is 16.8 Å². The number of para-hydroxylation sites is 1. The maximum Gasteiger partial charge on any atom is 0.316 e. The van der Waals surface area contributed by atoms with Gasteiger partial charge >= 0.3 is 5.97 Å². The SMILES string of the molecule is Cc1cc(OC(=O)[C@H]2CC(=O)N(c3c(C)cccc3C)C2)ccc1N1C(=O)[C@H]2CC=CC[C@H]2C1=O. The molecular formula is C28H28N2O5. The fourth-order valence-electron chi connectivity index (χ4n) is 5.49. The molecule has 3 atom stereocenters. The van der Waals surface area contributed by atoms with Gasteiger partial charge in [-0.2, -0.15) is 0 Å². The minimum Gasteiger partial charge on any atom is -0.426 e. The zero-order valence-corrected chi connectivity index (χ0v) is 20.1.